The molecule has 0 amide bonds. The minimum Gasteiger partial charge on any atom is -0.378 e. The average molecular weight is 255 g/mol. The molecule has 1 aromatic heterocycles. The van der Waals surface area contributed by atoms with Crippen molar-refractivity contribution in [1.29, 1.82) is 0 Å². The molecule has 19 heavy (non-hydrogen) atoms. The number of aromatic nitrogens is 1. The molecule has 2 aromatic rings. The van der Waals surface area contributed by atoms with Gasteiger partial charge in [0.1, 0.15) is 0 Å². The minimum absolute atomic E-state index is 0.308. The highest BCUT2D eigenvalue weighted by Crippen LogP contribution is 2.14. The molecule has 1 N–H and O–H groups in total. The zero-order valence-electron chi connectivity index (χ0n) is 11.8. The van der Waals surface area contributed by atoms with E-state index in [1.165, 1.54) is 16.8 Å². The average Bonchev–Trinajstić information content (AvgIpc) is 2.46. The molecule has 3 heteroatoms. The Kier molecular flexibility index (Phi) is 4.53. The molecule has 0 spiro atoms. The fourth-order valence-electron chi connectivity index (χ4n) is 1.93. The van der Waals surface area contributed by atoms with Crippen molar-refractivity contribution in [2.24, 2.45) is 0 Å². The van der Waals surface area contributed by atoms with Crippen LogP contribution in [0.15, 0.2) is 48.8 Å². The molecule has 0 saturated heterocycles. The first-order chi connectivity index (χ1) is 9.16. The highest BCUT2D eigenvalue weighted by atomic mass is 15.1. The number of pyridine rings is 1. The van der Waals surface area contributed by atoms with E-state index in [9.17, 15) is 0 Å². The van der Waals surface area contributed by atoms with Crippen LogP contribution in [0, 0.1) is 0 Å². The van der Waals surface area contributed by atoms with Crippen LogP contribution in [-0.2, 0) is 6.54 Å². The van der Waals surface area contributed by atoms with E-state index in [1.54, 1.807) is 6.20 Å². The molecule has 1 heterocycles. The van der Waals surface area contributed by atoms with Crippen molar-refractivity contribution in [2.75, 3.05) is 19.0 Å². The molecule has 0 saturated carbocycles. The largest absolute Gasteiger partial charge is 0.378 e. The van der Waals surface area contributed by atoms with Gasteiger partial charge in [-0.1, -0.05) is 18.2 Å². The highest BCUT2D eigenvalue weighted by Gasteiger charge is 2.04. The third-order valence-corrected chi connectivity index (χ3v) is 3.25. The van der Waals surface area contributed by atoms with Crippen LogP contribution in [0.2, 0.25) is 0 Å². The number of anilines is 1. The van der Waals surface area contributed by atoms with Crippen molar-refractivity contribution in [3.63, 3.8) is 0 Å². The van der Waals surface area contributed by atoms with Crippen molar-refractivity contribution in [1.82, 2.24) is 10.3 Å². The quantitative estimate of drug-likeness (QED) is 0.890. The second-order valence-corrected chi connectivity index (χ2v) is 4.95. The zero-order chi connectivity index (χ0) is 13.7. The summed E-state index contributed by atoms with van der Waals surface area (Å²) in [4.78, 5) is 6.25. The topological polar surface area (TPSA) is 28.2 Å². The van der Waals surface area contributed by atoms with Crippen LogP contribution in [0.4, 0.5) is 5.69 Å². The number of hydrogen-bond donors (Lipinski definition) is 1. The summed E-state index contributed by atoms with van der Waals surface area (Å²) in [6.07, 6.45) is 3.71. The molecule has 0 fully saturated rings. The lowest BCUT2D eigenvalue weighted by Gasteiger charge is -2.15. The SMILES string of the molecule is CC(NCc1ccc(N(C)C)cc1)c1cccnc1. The van der Waals surface area contributed by atoms with Crippen LogP contribution in [0.25, 0.3) is 0 Å². The Balaban J connectivity index is 1.92. The zero-order valence-corrected chi connectivity index (χ0v) is 11.8. The van der Waals surface area contributed by atoms with Crippen molar-refractivity contribution in [3.8, 4) is 0 Å². The maximum absolute atomic E-state index is 4.15. The van der Waals surface area contributed by atoms with E-state index in [1.807, 2.05) is 12.3 Å². The summed E-state index contributed by atoms with van der Waals surface area (Å²) in [6, 6.07) is 13.0. The Bertz CT molecular complexity index is 491. The van der Waals surface area contributed by atoms with Gasteiger partial charge in [0.25, 0.3) is 0 Å². The molecule has 0 aliphatic heterocycles. The first-order valence-electron chi connectivity index (χ1n) is 6.56. The summed E-state index contributed by atoms with van der Waals surface area (Å²) in [5.74, 6) is 0. The van der Waals surface area contributed by atoms with Crippen molar-refractivity contribution >= 4 is 5.69 Å². The lowest BCUT2D eigenvalue weighted by molar-refractivity contribution is 0.573. The molecule has 2 rings (SSSR count). The van der Waals surface area contributed by atoms with Gasteiger partial charge in [-0.25, -0.2) is 0 Å². The Labute approximate surface area is 115 Å². The molecule has 0 aliphatic carbocycles. The second-order valence-electron chi connectivity index (χ2n) is 4.95. The fraction of sp³-hybridized carbons (Fsp3) is 0.312. The Morgan fingerprint density at radius 3 is 2.47 bits per heavy atom. The lowest BCUT2D eigenvalue weighted by Crippen LogP contribution is -2.18. The van der Waals surface area contributed by atoms with E-state index >= 15 is 0 Å². The standard InChI is InChI=1S/C16H21N3/c1-13(15-5-4-10-17-12-15)18-11-14-6-8-16(9-7-14)19(2)3/h4-10,12-13,18H,11H2,1-3H3. The summed E-state index contributed by atoms with van der Waals surface area (Å²) in [5.41, 5.74) is 3.73. The van der Waals surface area contributed by atoms with Crippen LogP contribution in [0.5, 0.6) is 0 Å². The van der Waals surface area contributed by atoms with E-state index in [0.717, 1.165) is 6.54 Å². The van der Waals surface area contributed by atoms with E-state index in [4.69, 9.17) is 0 Å². The molecular formula is C16H21N3. The van der Waals surface area contributed by atoms with Crippen molar-refractivity contribution < 1.29 is 0 Å². The summed E-state index contributed by atoms with van der Waals surface area (Å²) in [5, 5.41) is 3.51. The molecule has 100 valence electrons. The van der Waals surface area contributed by atoms with Crippen LogP contribution < -0.4 is 10.2 Å². The Morgan fingerprint density at radius 1 is 1.16 bits per heavy atom. The van der Waals surface area contributed by atoms with E-state index < -0.39 is 0 Å². The van der Waals surface area contributed by atoms with E-state index in [0.29, 0.717) is 6.04 Å². The highest BCUT2D eigenvalue weighted by molar-refractivity contribution is 5.45. The van der Waals surface area contributed by atoms with Crippen molar-refractivity contribution in [3.05, 3.63) is 59.9 Å². The molecule has 1 aromatic carbocycles. The van der Waals surface area contributed by atoms with Gasteiger partial charge in [-0.15, -0.1) is 0 Å². The number of hydrogen-bond acceptors (Lipinski definition) is 3. The molecule has 0 radical (unpaired) electrons. The number of nitrogens with zero attached hydrogens (tertiary/aromatic N) is 2. The summed E-state index contributed by atoms with van der Waals surface area (Å²) >= 11 is 0. The van der Waals surface area contributed by atoms with Gasteiger partial charge in [-0.2, -0.15) is 0 Å². The van der Waals surface area contributed by atoms with Gasteiger partial charge >= 0.3 is 0 Å². The first kappa shape index (κ1) is 13.6. The molecule has 1 unspecified atom stereocenters. The monoisotopic (exact) mass is 255 g/mol. The van der Waals surface area contributed by atoms with Gasteiger partial charge in [-0.3, -0.25) is 4.98 Å². The maximum atomic E-state index is 4.15. The van der Waals surface area contributed by atoms with Crippen LogP contribution in [-0.4, -0.2) is 19.1 Å². The Hall–Kier alpha value is -1.87. The molecule has 0 aliphatic rings. The third kappa shape index (κ3) is 3.80. The van der Waals surface area contributed by atoms with Gasteiger partial charge in [-0.05, 0) is 36.2 Å². The van der Waals surface area contributed by atoms with Crippen LogP contribution >= 0.6 is 0 Å². The van der Waals surface area contributed by atoms with E-state index in [-0.39, 0.29) is 0 Å². The normalized spacial score (nSPS) is 12.2. The maximum Gasteiger partial charge on any atom is 0.0361 e. The fourth-order valence-corrected chi connectivity index (χ4v) is 1.93. The summed E-state index contributed by atoms with van der Waals surface area (Å²) in [6.45, 7) is 3.02. The van der Waals surface area contributed by atoms with Gasteiger partial charge in [0, 0.05) is 44.8 Å². The minimum atomic E-state index is 0.308. The summed E-state index contributed by atoms with van der Waals surface area (Å²) < 4.78 is 0. The number of nitrogens with one attached hydrogen (secondary N) is 1. The molecular weight excluding hydrogens is 234 g/mol. The predicted molar refractivity (Wildman–Crippen MR) is 80.3 cm³/mol. The Morgan fingerprint density at radius 2 is 1.89 bits per heavy atom. The van der Waals surface area contributed by atoms with Crippen molar-refractivity contribution in [2.45, 2.75) is 19.5 Å². The first-order valence-corrected chi connectivity index (χ1v) is 6.56. The molecule has 0 bridgehead atoms. The van der Waals surface area contributed by atoms with Crippen LogP contribution in [0.1, 0.15) is 24.1 Å². The predicted octanol–water partition coefficient (Wildman–Crippen LogP) is 3.00. The van der Waals surface area contributed by atoms with E-state index in [2.05, 4.69) is 66.6 Å². The smallest absolute Gasteiger partial charge is 0.0361 e. The van der Waals surface area contributed by atoms with Gasteiger partial charge in [0.15, 0.2) is 0 Å². The number of benzene rings is 1. The lowest BCUT2D eigenvalue weighted by atomic mass is 10.1. The number of rotatable bonds is 5. The van der Waals surface area contributed by atoms with Gasteiger partial charge in [0.05, 0.1) is 0 Å². The van der Waals surface area contributed by atoms with Gasteiger partial charge in [0.2, 0.25) is 0 Å². The second kappa shape index (κ2) is 6.34. The molecule has 1 atom stereocenters. The third-order valence-electron chi connectivity index (χ3n) is 3.25. The van der Waals surface area contributed by atoms with Crippen LogP contribution in [0.3, 0.4) is 0 Å². The summed E-state index contributed by atoms with van der Waals surface area (Å²) in [7, 11) is 4.11. The molecule has 3 nitrogen and oxygen atoms in total. The van der Waals surface area contributed by atoms with Gasteiger partial charge < -0.3 is 10.2 Å².